The fourth-order valence-electron chi connectivity index (χ4n) is 4.08. The van der Waals surface area contributed by atoms with Gasteiger partial charge in [0.2, 0.25) is 10.0 Å². The van der Waals surface area contributed by atoms with Crippen LogP contribution in [0.4, 0.5) is 18.0 Å². The number of carbonyl (C=O) groups is 2. The topological polar surface area (TPSA) is 133 Å². The first-order valence-corrected chi connectivity index (χ1v) is 14.2. The third-order valence-electron chi connectivity index (χ3n) is 6.16. The van der Waals surface area contributed by atoms with E-state index >= 15 is 0 Å². The molecule has 3 rings (SSSR count). The van der Waals surface area contributed by atoms with Gasteiger partial charge in [-0.15, -0.1) is 0 Å². The number of benzene rings is 3. The van der Waals surface area contributed by atoms with Crippen molar-refractivity contribution in [3.8, 4) is 16.9 Å². The molecule has 2 atom stereocenters. The average Bonchev–Trinajstić information content (AvgIpc) is 2.90. The number of ether oxygens (including phenoxy) is 1. The van der Waals surface area contributed by atoms with Gasteiger partial charge in [-0.25, -0.2) is 17.9 Å². The van der Waals surface area contributed by atoms with Crippen LogP contribution in [0.5, 0.6) is 5.75 Å². The first kappa shape index (κ1) is 31.4. The van der Waals surface area contributed by atoms with Crippen LogP contribution < -0.4 is 9.46 Å². The molecule has 0 saturated carbocycles. The largest absolute Gasteiger partial charge is 0.483 e. The molecule has 0 radical (unpaired) electrons. The summed E-state index contributed by atoms with van der Waals surface area (Å²) in [6.07, 6.45) is -5.84. The molecular weight excluding hydrogens is 565 g/mol. The van der Waals surface area contributed by atoms with E-state index in [9.17, 15) is 41.4 Å². The zero-order valence-electron chi connectivity index (χ0n) is 22.1. The maximum atomic E-state index is 12.8. The zero-order chi connectivity index (χ0) is 30.4. The number of aliphatic hydroxyl groups is 1. The van der Waals surface area contributed by atoms with Crippen LogP contribution in [0.2, 0.25) is 0 Å². The molecule has 3 N–H and O–H groups in total. The number of hydrogen-bond donors (Lipinski definition) is 3. The number of nitrogens with one attached hydrogen (secondary N) is 1. The van der Waals surface area contributed by atoms with Crippen LogP contribution in [0.15, 0.2) is 72.8 Å². The van der Waals surface area contributed by atoms with E-state index in [2.05, 4.69) is 0 Å². The van der Waals surface area contributed by atoms with Gasteiger partial charge in [0.25, 0.3) is 5.91 Å². The molecule has 0 aliphatic carbocycles. The summed E-state index contributed by atoms with van der Waals surface area (Å²) in [4.78, 5) is 25.4. The second-order valence-corrected chi connectivity index (χ2v) is 11.1. The van der Waals surface area contributed by atoms with Crippen molar-refractivity contribution in [3.63, 3.8) is 0 Å². The number of nitrogens with zero attached hydrogens (tertiary/aromatic N) is 1. The Balaban J connectivity index is 1.77. The third kappa shape index (κ3) is 9.22. The number of halogens is 3. The number of rotatable bonds is 11. The number of aliphatic hydroxyl groups excluding tert-OH is 1. The van der Waals surface area contributed by atoms with Crippen molar-refractivity contribution in [1.29, 1.82) is 0 Å². The first-order chi connectivity index (χ1) is 19.1. The Morgan fingerprint density at radius 3 is 2.17 bits per heavy atom. The Bertz CT molecular complexity index is 1460. The third-order valence-corrected chi connectivity index (χ3v) is 6.72. The molecule has 41 heavy (non-hydrogen) atoms. The number of hydrogen-bond acceptors (Lipinski definition) is 6. The van der Waals surface area contributed by atoms with Crippen LogP contribution in [0.25, 0.3) is 11.1 Å². The zero-order valence-corrected chi connectivity index (χ0v) is 22.9. The Morgan fingerprint density at radius 1 is 1.00 bits per heavy atom. The Morgan fingerprint density at radius 2 is 1.61 bits per heavy atom. The lowest BCUT2D eigenvalue weighted by molar-refractivity contribution is -0.153. The lowest BCUT2D eigenvalue weighted by atomic mass is 10.00. The monoisotopic (exact) mass is 594 g/mol. The minimum atomic E-state index is -4.69. The second kappa shape index (κ2) is 13.0. The molecule has 2 amide bonds. The fourth-order valence-corrected chi connectivity index (χ4v) is 4.52. The first-order valence-electron chi connectivity index (χ1n) is 12.3. The van der Waals surface area contributed by atoms with Crippen molar-refractivity contribution in [1.82, 2.24) is 9.62 Å². The molecule has 0 aromatic heterocycles. The molecule has 0 fully saturated rings. The Labute approximate surface area is 235 Å². The van der Waals surface area contributed by atoms with Crippen LogP contribution in [-0.4, -0.2) is 67.2 Å². The standard InChI is InChI=1S/C28H29F3N2O7S/c1-18(25(34)21-6-4-3-5-7-21)33(27(36)37)15-14-19-8-10-20(11-9-19)22-12-13-23(26(35)32-41(2,38)39)24(16-22)40-17-28(29,30)31/h3-13,16,18,25,34H,14-15,17H2,1-2H3,(H,32,35)(H,36,37)/t18-,25+/m0/s1. The average molecular weight is 595 g/mol. The highest BCUT2D eigenvalue weighted by Crippen LogP contribution is 2.30. The van der Waals surface area contributed by atoms with Gasteiger partial charge in [-0.3, -0.25) is 4.79 Å². The van der Waals surface area contributed by atoms with E-state index in [0.29, 0.717) is 23.1 Å². The van der Waals surface area contributed by atoms with Gasteiger partial charge < -0.3 is 19.8 Å². The minimum absolute atomic E-state index is 0.0965. The van der Waals surface area contributed by atoms with Gasteiger partial charge in [-0.1, -0.05) is 60.7 Å². The maximum absolute atomic E-state index is 12.8. The van der Waals surface area contributed by atoms with Crippen molar-refractivity contribution in [2.75, 3.05) is 19.4 Å². The predicted octanol–water partition coefficient (Wildman–Crippen LogP) is 4.63. The summed E-state index contributed by atoms with van der Waals surface area (Å²) in [5.74, 6) is -1.59. The number of carbonyl (C=O) groups excluding carboxylic acids is 1. The molecule has 9 nitrogen and oxygen atoms in total. The molecule has 0 aliphatic heterocycles. The molecule has 3 aromatic rings. The molecular formula is C28H29F3N2O7S. The summed E-state index contributed by atoms with van der Waals surface area (Å²) < 4.78 is 67.8. The summed E-state index contributed by atoms with van der Waals surface area (Å²) in [7, 11) is -3.97. The number of amides is 2. The van der Waals surface area contributed by atoms with Crippen LogP contribution in [0.1, 0.15) is 34.5 Å². The lowest BCUT2D eigenvalue weighted by Gasteiger charge is -2.30. The van der Waals surface area contributed by atoms with Gasteiger partial charge in [0.15, 0.2) is 6.61 Å². The highest BCUT2D eigenvalue weighted by Gasteiger charge is 2.30. The normalized spacial score (nSPS) is 13.2. The van der Waals surface area contributed by atoms with Gasteiger partial charge in [-0.05, 0) is 47.7 Å². The lowest BCUT2D eigenvalue weighted by Crippen LogP contribution is -2.42. The van der Waals surface area contributed by atoms with E-state index in [0.717, 1.165) is 16.7 Å². The number of alkyl halides is 3. The Hall–Kier alpha value is -4.10. The van der Waals surface area contributed by atoms with Crippen molar-refractivity contribution in [2.24, 2.45) is 0 Å². The van der Waals surface area contributed by atoms with Crippen LogP contribution in [-0.2, 0) is 16.4 Å². The van der Waals surface area contributed by atoms with Crippen molar-refractivity contribution >= 4 is 22.0 Å². The molecule has 0 heterocycles. The summed E-state index contributed by atoms with van der Waals surface area (Å²) in [6, 6.07) is 18.6. The van der Waals surface area contributed by atoms with E-state index in [1.165, 1.54) is 18.2 Å². The van der Waals surface area contributed by atoms with E-state index in [-0.39, 0.29) is 12.1 Å². The van der Waals surface area contributed by atoms with Crippen LogP contribution >= 0.6 is 0 Å². The van der Waals surface area contributed by atoms with E-state index in [4.69, 9.17) is 4.74 Å². The number of sulfonamides is 1. The highest BCUT2D eigenvalue weighted by molar-refractivity contribution is 7.89. The van der Waals surface area contributed by atoms with E-state index < -0.39 is 52.7 Å². The molecule has 3 aromatic carbocycles. The summed E-state index contributed by atoms with van der Waals surface area (Å²) in [5.41, 5.74) is 1.92. The number of carboxylic acid groups (broad SMARTS) is 1. The minimum Gasteiger partial charge on any atom is -0.483 e. The van der Waals surface area contributed by atoms with Crippen molar-refractivity contribution < 1.29 is 46.1 Å². The van der Waals surface area contributed by atoms with E-state index in [1.807, 2.05) is 0 Å². The molecule has 0 spiro atoms. The van der Waals surface area contributed by atoms with Crippen molar-refractivity contribution in [2.45, 2.75) is 31.7 Å². The molecule has 220 valence electrons. The summed E-state index contributed by atoms with van der Waals surface area (Å²) >= 11 is 0. The van der Waals surface area contributed by atoms with Crippen LogP contribution in [0, 0.1) is 0 Å². The van der Waals surface area contributed by atoms with Gasteiger partial charge in [0.1, 0.15) is 5.75 Å². The smallest absolute Gasteiger partial charge is 0.422 e. The molecule has 0 unspecified atom stereocenters. The highest BCUT2D eigenvalue weighted by atomic mass is 32.2. The van der Waals surface area contributed by atoms with Gasteiger partial charge in [-0.2, -0.15) is 13.2 Å². The summed E-state index contributed by atoms with van der Waals surface area (Å²) in [5, 5.41) is 20.4. The predicted molar refractivity (Wildman–Crippen MR) is 145 cm³/mol. The molecule has 13 heteroatoms. The fraction of sp³-hybridized carbons (Fsp3) is 0.286. The molecule has 0 saturated heterocycles. The van der Waals surface area contributed by atoms with Gasteiger partial charge in [0, 0.05) is 6.54 Å². The molecule has 0 aliphatic rings. The SMILES string of the molecule is C[C@@H]([C@@H](O)c1ccccc1)N(CCc1ccc(-c2ccc(C(=O)NS(C)(=O)=O)c(OCC(F)(F)F)c2)cc1)C(=O)O. The van der Waals surface area contributed by atoms with E-state index in [1.54, 1.807) is 66.2 Å². The van der Waals surface area contributed by atoms with Crippen LogP contribution in [0.3, 0.4) is 0 Å². The molecule has 0 bridgehead atoms. The second-order valence-electron chi connectivity index (χ2n) is 9.34. The Kier molecular flexibility index (Phi) is 10.00. The maximum Gasteiger partial charge on any atom is 0.422 e. The quantitative estimate of drug-likeness (QED) is 0.295. The van der Waals surface area contributed by atoms with Gasteiger partial charge >= 0.3 is 12.3 Å². The van der Waals surface area contributed by atoms with Crippen molar-refractivity contribution in [3.05, 3.63) is 89.5 Å². The van der Waals surface area contributed by atoms with Gasteiger partial charge in [0.05, 0.1) is 24.0 Å². The summed E-state index contributed by atoms with van der Waals surface area (Å²) in [6.45, 7) is 0.0263.